The first-order valence-corrected chi connectivity index (χ1v) is 6.68. The highest BCUT2D eigenvalue weighted by Crippen LogP contribution is 2.40. The molecule has 0 fully saturated rings. The molecule has 0 saturated heterocycles. The van der Waals surface area contributed by atoms with Gasteiger partial charge in [0, 0.05) is 16.7 Å². The number of nitro benzene ring substituents is 1. The Morgan fingerprint density at radius 3 is 2.17 bits per heavy atom. The van der Waals surface area contributed by atoms with E-state index in [1.807, 2.05) is 13.8 Å². The summed E-state index contributed by atoms with van der Waals surface area (Å²) in [6, 6.07) is 5.85. The summed E-state index contributed by atoms with van der Waals surface area (Å²) in [6.45, 7) is 3.67. The maximum atomic E-state index is 10.9. The Labute approximate surface area is 106 Å². The SMILES string of the molecule is CCC(CC)(O[P+](=O)O)c1ccc([N+](=O)[O-])cc1. The summed E-state index contributed by atoms with van der Waals surface area (Å²) in [5.41, 5.74) is -0.235. The quantitative estimate of drug-likeness (QED) is 0.487. The molecule has 1 atom stereocenters. The summed E-state index contributed by atoms with van der Waals surface area (Å²) in [4.78, 5) is 19.0. The third-order valence-electron chi connectivity index (χ3n) is 3.00. The molecular formula is C11H15NO5P+. The first-order valence-electron chi connectivity index (χ1n) is 5.55. The molecule has 0 aromatic heterocycles. The first kappa shape index (κ1) is 14.7. The van der Waals surface area contributed by atoms with Gasteiger partial charge in [-0.1, -0.05) is 13.8 Å². The van der Waals surface area contributed by atoms with Gasteiger partial charge in [-0.3, -0.25) is 10.1 Å². The van der Waals surface area contributed by atoms with Crippen LogP contribution in [0.4, 0.5) is 5.69 Å². The van der Waals surface area contributed by atoms with Crippen LogP contribution in [-0.4, -0.2) is 9.82 Å². The van der Waals surface area contributed by atoms with Gasteiger partial charge in [-0.25, -0.2) is 0 Å². The molecule has 0 aliphatic heterocycles. The fraction of sp³-hybridized carbons (Fsp3) is 0.455. The molecule has 1 aromatic carbocycles. The molecule has 0 radical (unpaired) electrons. The fourth-order valence-corrected chi connectivity index (χ4v) is 2.54. The van der Waals surface area contributed by atoms with Crippen LogP contribution in [0, 0.1) is 10.1 Å². The van der Waals surface area contributed by atoms with Crippen molar-refractivity contribution in [2.75, 3.05) is 0 Å². The maximum absolute atomic E-state index is 10.9. The van der Waals surface area contributed by atoms with E-state index in [4.69, 9.17) is 9.42 Å². The van der Waals surface area contributed by atoms with Crippen LogP contribution >= 0.6 is 8.25 Å². The maximum Gasteiger partial charge on any atom is 0.695 e. The highest BCUT2D eigenvalue weighted by molar-refractivity contribution is 7.32. The van der Waals surface area contributed by atoms with E-state index in [0.29, 0.717) is 18.4 Å². The summed E-state index contributed by atoms with van der Waals surface area (Å²) in [6.07, 6.45) is 1.01. The molecule has 7 heteroatoms. The number of nitrogens with zero attached hydrogens (tertiary/aromatic N) is 1. The Bertz CT molecular complexity index is 441. The van der Waals surface area contributed by atoms with Gasteiger partial charge in [0.15, 0.2) is 5.60 Å². The molecule has 0 saturated carbocycles. The van der Waals surface area contributed by atoms with Gasteiger partial charge in [-0.05, 0) is 30.5 Å². The average Bonchev–Trinajstić information content (AvgIpc) is 2.36. The van der Waals surface area contributed by atoms with Gasteiger partial charge in [-0.2, -0.15) is 0 Å². The second-order valence-electron chi connectivity index (χ2n) is 3.83. The number of rotatable bonds is 6. The van der Waals surface area contributed by atoms with Crippen LogP contribution in [-0.2, 0) is 14.7 Å². The van der Waals surface area contributed by atoms with E-state index in [1.165, 1.54) is 12.1 Å². The van der Waals surface area contributed by atoms with Crippen LogP contribution in [0.3, 0.4) is 0 Å². The summed E-state index contributed by atoms with van der Waals surface area (Å²) < 4.78 is 16.0. The van der Waals surface area contributed by atoms with E-state index in [1.54, 1.807) is 12.1 Å². The minimum atomic E-state index is -2.73. The molecule has 0 spiro atoms. The second-order valence-corrected chi connectivity index (χ2v) is 4.49. The van der Waals surface area contributed by atoms with E-state index in [2.05, 4.69) is 0 Å². The van der Waals surface area contributed by atoms with Crippen LogP contribution in [0.15, 0.2) is 24.3 Å². The molecule has 18 heavy (non-hydrogen) atoms. The molecule has 1 rings (SSSR count). The lowest BCUT2D eigenvalue weighted by molar-refractivity contribution is -0.384. The topological polar surface area (TPSA) is 89.7 Å². The van der Waals surface area contributed by atoms with Crippen molar-refractivity contribution >= 4 is 13.9 Å². The normalized spacial score (nSPS) is 12.3. The van der Waals surface area contributed by atoms with Crippen molar-refractivity contribution < 1.29 is 18.9 Å². The molecule has 0 aliphatic rings. The van der Waals surface area contributed by atoms with Gasteiger partial charge in [0.05, 0.1) is 4.92 Å². The molecule has 0 heterocycles. The molecule has 98 valence electrons. The predicted octanol–water partition coefficient (Wildman–Crippen LogP) is 3.28. The molecule has 0 aliphatic carbocycles. The molecule has 1 unspecified atom stereocenters. The Morgan fingerprint density at radius 1 is 1.33 bits per heavy atom. The van der Waals surface area contributed by atoms with Crippen LogP contribution in [0.1, 0.15) is 32.3 Å². The van der Waals surface area contributed by atoms with Gasteiger partial charge in [-0.15, -0.1) is 9.42 Å². The number of benzene rings is 1. The van der Waals surface area contributed by atoms with Crippen molar-refractivity contribution in [1.29, 1.82) is 0 Å². The Kier molecular flexibility index (Phi) is 4.90. The monoisotopic (exact) mass is 272 g/mol. The lowest BCUT2D eigenvalue weighted by atomic mass is 9.88. The Hall–Kier alpha value is -1.36. The molecular weight excluding hydrogens is 257 g/mol. The van der Waals surface area contributed by atoms with Gasteiger partial charge in [0.1, 0.15) is 0 Å². The molecule has 0 amide bonds. The highest BCUT2D eigenvalue weighted by atomic mass is 31.1. The third kappa shape index (κ3) is 3.10. The van der Waals surface area contributed by atoms with Crippen molar-refractivity contribution in [2.24, 2.45) is 0 Å². The molecule has 0 bridgehead atoms. The lowest BCUT2D eigenvalue weighted by Gasteiger charge is -2.24. The minimum absolute atomic E-state index is 0.0201. The van der Waals surface area contributed by atoms with Crippen LogP contribution < -0.4 is 0 Å². The number of hydrogen-bond acceptors (Lipinski definition) is 4. The number of hydrogen-bond donors (Lipinski definition) is 1. The van der Waals surface area contributed by atoms with Crippen LogP contribution in [0.25, 0.3) is 0 Å². The van der Waals surface area contributed by atoms with Gasteiger partial charge in [0.25, 0.3) is 5.69 Å². The number of nitro groups is 1. The third-order valence-corrected chi connectivity index (χ3v) is 3.50. The molecule has 1 aromatic rings. The standard InChI is InChI=1S/C11H14NO5P/c1-3-11(4-2,17-18(15)16)9-5-7-10(8-6-9)12(13)14/h5-8H,3-4H2,1-2H3/p+1. The predicted molar refractivity (Wildman–Crippen MR) is 66.3 cm³/mol. The first-order chi connectivity index (χ1) is 8.45. The van der Waals surface area contributed by atoms with Crippen molar-refractivity contribution in [2.45, 2.75) is 32.3 Å². The zero-order valence-corrected chi connectivity index (χ0v) is 11.1. The summed E-state index contributed by atoms with van der Waals surface area (Å²) >= 11 is 0. The largest absolute Gasteiger partial charge is 0.695 e. The second kappa shape index (κ2) is 6.00. The van der Waals surface area contributed by atoms with E-state index in [9.17, 15) is 14.7 Å². The van der Waals surface area contributed by atoms with Gasteiger partial charge >= 0.3 is 8.25 Å². The number of non-ortho nitro benzene ring substituents is 1. The van der Waals surface area contributed by atoms with Crippen LogP contribution in [0.5, 0.6) is 0 Å². The van der Waals surface area contributed by atoms with E-state index in [-0.39, 0.29) is 5.69 Å². The lowest BCUT2D eigenvalue weighted by Crippen LogP contribution is -2.25. The van der Waals surface area contributed by atoms with E-state index >= 15 is 0 Å². The minimum Gasteiger partial charge on any atom is -0.258 e. The molecule has 6 nitrogen and oxygen atoms in total. The van der Waals surface area contributed by atoms with Crippen molar-refractivity contribution in [3.63, 3.8) is 0 Å². The van der Waals surface area contributed by atoms with Crippen LogP contribution in [0.2, 0.25) is 0 Å². The van der Waals surface area contributed by atoms with Crippen molar-refractivity contribution in [3.05, 3.63) is 39.9 Å². The zero-order chi connectivity index (χ0) is 13.8. The summed E-state index contributed by atoms with van der Waals surface area (Å²) in [5, 5.41) is 10.6. The summed E-state index contributed by atoms with van der Waals surface area (Å²) in [7, 11) is -2.73. The average molecular weight is 272 g/mol. The fourth-order valence-electron chi connectivity index (χ4n) is 1.88. The highest BCUT2D eigenvalue weighted by Gasteiger charge is 2.39. The summed E-state index contributed by atoms with van der Waals surface area (Å²) in [5.74, 6) is 0. The smallest absolute Gasteiger partial charge is 0.258 e. The van der Waals surface area contributed by atoms with Crippen molar-refractivity contribution in [1.82, 2.24) is 0 Å². The zero-order valence-electron chi connectivity index (χ0n) is 10.2. The molecule has 1 N–H and O–H groups in total. The van der Waals surface area contributed by atoms with Gasteiger partial charge < -0.3 is 0 Å². The van der Waals surface area contributed by atoms with E-state index in [0.717, 1.165) is 0 Å². The van der Waals surface area contributed by atoms with E-state index < -0.39 is 18.8 Å². The Morgan fingerprint density at radius 2 is 1.83 bits per heavy atom. The van der Waals surface area contributed by atoms with Crippen molar-refractivity contribution in [3.8, 4) is 0 Å². The Balaban J connectivity index is 3.13. The van der Waals surface area contributed by atoms with Gasteiger partial charge in [0.2, 0.25) is 0 Å².